The first-order valence-corrected chi connectivity index (χ1v) is 6.68. The molecule has 1 heterocycles. The van der Waals surface area contributed by atoms with E-state index in [1.165, 1.54) is 0 Å². The number of benzene rings is 1. The molecule has 0 saturated carbocycles. The number of methoxy groups -OCH3 is 1. The molecular formula is C15H22N4O. The molecule has 3 N–H and O–H groups in total. The van der Waals surface area contributed by atoms with Crippen LogP contribution < -0.4 is 15.8 Å². The van der Waals surface area contributed by atoms with Crippen molar-refractivity contribution >= 4 is 17.2 Å². The van der Waals surface area contributed by atoms with Crippen molar-refractivity contribution in [2.45, 2.75) is 26.7 Å². The molecule has 2 rings (SSSR count). The third kappa shape index (κ3) is 2.57. The van der Waals surface area contributed by atoms with Crippen LogP contribution in [0.5, 0.6) is 5.75 Å². The van der Waals surface area contributed by atoms with E-state index in [0.29, 0.717) is 5.69 Å². The van der Waals surface area contributed by atoms with E-state index in [1.54, 1.807) is 11.8 Å². The van der Waals surface area contributed by atoms with Gasteiger partial charge >= 0.3 is 0 Å². The monoisotopic (exact) mass is 274 g/mol. The molecule has 108 valence electrons. The number of ether oxygens (including phenoxy) is 1. The summed E-state index contributed by atoms with van der Waals surface area (Å²) >= 11 is 0. The summed E-state index contributed by atoms with van der Waals surface area (Å²) in [4.78, 5) is 0. The molecule has 0 aliphatic carbocycles. The Morgan fingerprint density at radius 1 is 1.35 bits per heavy atom. The van der Waals surface area contributed by atoms with Gasteiger partial charge in [-0.3, -0.25) is 4.68 Å². The van der Waals surface area contributed by atoms with Gasteiger partial charge in [0.2, 0.25) is 0 Å². The SMILES string of the molecule is COc1ccc(C)cc1Nc1c(N)c(C(C)C)nn1C. The smallest absolute Gasteiger partial charge is 0.152 e. The van der Waals surface area contributed by atoms with Crippen molar-refractivity contribution in [1.29, 1.82) is 0 Å². The topological polar surface area (TPSA) is 65.1 Å². The van der Waals surface area contributed by atoms with Crippen molar-refractivity contribution in [3.63, 3.8) is 0 Å². The highest BCUT2D eigenvalue weighted by molar-refractivity contribution is 5.74. The number of aryl methyl sites for hydroxylation is 2. The molecule has 0 aliphatic rings. The van der Waals surface area contributed by atoms with Gasteiger partial charge in [0.05, 0.1) is 24.2 Å². The lowest BCUT2D eigenvalue weighted by Gasteiger charge is -2.12. The lowest BCUT2D eigenvalue weighted by molar-refractivity contribution is 0.416. The Bertz CT molecular complexity index is 617. The summed E-state index contributed by atoms with van der Waals surface area (Å²) in [5.41, 5.74) is 9.82. The van der Waals surface area contributed by atoms with Crippen molar-refractivity contribution in [2.24, 2.45) is 7.05 Å². The van der Waals surface area contributed by atoms with Crippen LogP contribution in [0.1, 0.15) is 31.0 Å². The van der Waals surface area contributed by atoms with Crippen LogP contribution in [0, 0.1) is 6.92 Å². The molecular weight excluding hydrogens is 252 g/mol. The van der Waals surface area contributed by atoms with Gasteiger partial charge in [0, 0.05) is 7.05 Å². The van der Waals surface area contributed by atoms with Crippen molar-refractivity contribution < 1.29 is 4.74 Å². The van der Waals surface area contributed by atoms with E-state index in [2.05, 4.69) is 24.3 Å². The highest BCUT2D eigenvalue weighted by atomic mass is 16.5. The second kappa shape index (κ2) is 5.45. The molecule has 0 saturated heterocycles. The van der Waals surface area contributed by atoms with E-state index in [4.69, 9.17) is 10.5 Å². The molecule has 2 aromatic rings. The van der Waals surface area contributed by atoms with Gasteiger partial charge in [0.1, 0.15) is 5.75 Å². The van der Waals surface area contributed by atoms with Gasteiger partial charge in [-0.25, -0.2) is 0 Å². The zero-order valence-corrected chi connectivity index (χ0v) is 12.7. The van der Waals surface area contributed by atoms with Crippen molar-refractivity contribution in [1.82, 2.24) is 9.78 Å². The first kappa shape index (κ1) is 14.2. The summed E-state index contributed by atoms with van der Waals surface area (Å²) in [6.07, 6.45) is 0. The zero-order valence-electron chi connectivity index (χ0n) is 12.7. The van der Waals surface area contributed by atoms with E-state index in [-0.39, 0.29) is 5.92 Å². The van der Waals surface area contributed by atoms with Crippen molar-refractivity contribution in [2.75, 3.05) is 18.2 Å². The van der Waals surface area contributed by atoms with E-state index >= 15 is 0 Å². The van der Waals surface area contributed by atoms with Gasteiger partial charge in [0.15, 0.2) is 5.82 Å². The number of hydrogen-bond acceptors (Lipinski definition) is 4. The summed E-state index contributed by atoms with van der Waals surface area (Å²) in [6.45, 7) is 6.20. The first-order chi connectivity index (χ1) is 9.43. The standard InChI is InChI=1S/C15H22N4O/c1-9(2)14-13(16)15(19(4)18-14)17-11-8-10(3)6-7-12(11)20-5/h6-9,17H,16H2,1-5H3. The summed E-state index contributed by atoms with van der Waals surface area (Å²) in [6, 6.07) is 5.98. The zero-order chi connectivity index (χ0) is 14.9. The molecule has 0 bridgehead atoms. The molecule has 0 unspecified atom stereocenters. The minimum Gasteiger partial charge on any atom is -0.495 e. The van der Waals surface area contributed by atoms with Crippen LogP contribution in [0.25, 0.3) is 0 Å². The Hall–Kier alpha value is -2.17. The molecule has 5 nitrogen and oxygen atoms in total. The van der Waals surface area contributed by atoms with Gasteiger partial charge in [-0.15, -0.1) is 0 Å². The summed E-state index contributed by atoms with van der Waals surface area (Å²) in [5, 5.41) is 7.80. The second-order valence-electron chi connectivity index (χ2n) is 5.25. The predicted octanol–water partition coefficient (Wildman–Crippen LogP) is 3.19. The average molecular weight is 274 g/mol. The van der Waals surface area contributed by atoms with Crippen molar-refractivity contribution in [3.8, 4) is 5.75 Å². The summed E-state index contributed by atoms with van der Waals surface area (Å²) in [5.74, 6) is 1.86. The Labute approximate surface area is 119 Å². The number of rotatable bonds is 4. The van der Waals surface area contributed by atoms with Gasteiger partial charge in [-0.05, 0) is 30.5 Å². The maximum atomic E-state index is 6.20. The highest BCUT2D eigenvalue weighted by Crippen LogP contribution is 2.33. The largest absolute Gasteiger partial charge is 0.495 e. The Balaban J connectivity index is 2.42. The Kier molecular flexibility index (Phi) is 3.88. The number of nitrogens with two attached hydrogens (primary N) is 1. The Morgan fingerprint density at radius 2 is 2.05 bits per heavy atom. The fourth-order valence-electron chi connectivity index (χ4n) is 2.18. The molecule has 0 spiro atoms. The van der Waals surface area contributed by atoms with E-state index in [1.807, 2.05) is 32.2 Å². The van der Waals surface area contributed by atoms with Gasteiger partial charge < -0.3 is 15.8 Å². The van der Waals surface area contributed by atoms with Crippen LogP contribution in [0.4, 0.5) is 17.2 Å². The third-order valence-electron chi connectivity index (χ3n) is 3.27. The Morgan fingerprint density at radius 3 is 2.60 bits per heavy atom. The highest BCUT2D eigenvalue weighted by Gasteiger charge is 2.17. The molecule has 0 aliphatic heterocycles. The van der Waals surface area contributed by atoms with Gasteiger partial charge in [-0.1, -0.05) is 19.9 Å². The molecule has 20 heavy (non-hydrogen) atoms. The van der Waals surface area contributed by atoms with Crippen LogP contribution in [-0.2, 0) is 7.05 Å². The molecule has 1 aromatic heterocycles. The maximum Gasteiger partial charge on any atom is 0.152 e. The minimum absolute atomic E-state index is 0.288. The number of hydrogen-bond donors (Lipinski definition) is 2. The minimum atomic E-state index is 0.288. The normalized spacial score (nSPS) is 10.9. The predicted molar refractivity (Wildman–Crippen MR) is 82.7 cm³/mol. The van der Waals surface area contributed by atoms with Crippen LogP contribution in [-0.4, -0.2) is 16.9 Å². The van der Waals surface area contributed by atoms with Crippen LogP contribution in [0.15, 0.2) is 18.2 Å². The summed E-state index contributed by atoms with van der Waals surface area (Å²) in [7, 11) is 3.54. The van der Waals surface area contributed by atoms with Crippen molar-refractivity contribution in [3.05, 3.63) is 29.5 Å². The van der Waals surface area contributed by atoms with Crippen LogP contribution in [0.2, 0.25) is 0 Å². The number of anilines is 3. The summed E-state index contributed by atoms with van der Waals surface area (Å²) < 4.78 is 7.14. The van der Waals surface area contributed by atoms with Crippen LogP contribution >= 0.6 is 0 Å². The quantitative estimate of drug-likeness (QED) is 0.898. The first-order valence-electron chi connectivity index (χ1n) is 6.68. The molecule has 1 aromatic carbocycles. The van der Waals surface area contributed by atoms with E-state index in [0.717, 1.165) is 28.5 Å². The maximum absolute atomic E-state index is 6.20. The van der Waals surface area contributed by atoms with Crippen LogP contribution in [0.3, 0.4) is 0 Å². The van der Waals surface area contributed by atoms with Gasteiger partial charge in [0.25, 0.3) is 0 Å². The number of nitrogen functional groups attached to an aromatic ring is 1. The van der Waals surface area contributed by atoms with E-state index < -0.39 is 0 Å². The number of nitrogens with one attached hydrogen (secondary N) is 1. The number of aromatic nitrogens is 2. The fourth-order valence-corrected chi connectivity index (χ4v) is 2.18. The molecule has 0 radical (unpaired) electrons. The van der Waals surface area contributed by atoms with E-state index in [9.17, 15) is 0 Å². The third-order valence-corrected chi connectivity index (χ3v) is 3.27. The lowest BCUT2D eigenvalue weighted by atomic mass is 10.1. The fraction of sp³-hybridized carbons (Fsp3) is 0.400. The molecule has 0 fully saturated rings. The molecule has 5 heteroatoms. The molecule has 0 atom stereocenters. The van der Waals surface area contributed by atoms with Gasteiger partial charge in [-0.2, -0.15) is 5.10 Å². The second-order valence-corrected chi connectivity index (χ2v) is 5.25. The molecule has 0 amide bonds. The number of nitrogens with zero attached hydrogens (tertiary/aromatic N) is 2. The lowest BCUT2D eigenvalue weighted by Crippen LogP contribution is -2.03. The average Bonchev–Trinajstić information content (AvgIpc) is 2.67.